The van der Waals surface area contributed by atoms with E-state index in [4.69, 9.17) is 4.74 Å². The van der Waals surface area contributed by atoms with E-state index in [1.807, 2.05) is 6.20 Å². The van der Waals surface area contributed by atoms with E-state index in [0.717, 1.165) is 32.2 Å². The van der Waals surface area contributed by atoms with Crippen LogP contribution in [0.2, 0.25) is 0 Å². The topological polar surface area (TPSA) is 41.2 Å². The van der Waals surface area contributed by atoms with E-state index < -0.39 is 0 Å². The van der Waals surface area contributed by atoms with Gasteiger partial charge in [0.2, 0.25) is 0 Å². The largest absolute Gasteiger partial charge is 0.376 e. The lowest BCUT2D eigenvalue weighted by molar-refractivity contribution is -0.0363. The minimum absolute atomic E-state index is 0.417. The number of rotatable bonds is 6. The third-order valence-electron chi connectivity index (χ3n) is 3.48. The fraction of sp³-hybridized carbons (Fsp3) is 0.786. The maximum absolute atomic E-state index is 5.84. The van der Waals surface area contributed by atoms with Crippen LogP contribution in [0.4, 0.5) is 0 Å². The highest BCUT2D eigenvalue weighted by Gasteiger charge is 2.20. The second-order valence-corrected chi connectivity index (χ2v) is 5.63. The first-order valence-electron chi connectivity index (χ1n) is 7.05. The number of ether oxygens (including phenoxy) is 1. The van der Waals surface area contributed by atoms with E-state index in [9.17, 15) is 0 Å². The molecule has 0 aromatic carbocycles. The Bertz CT molecular complexity index is 324. The highest BCUT2D eigenvalue weighted by atomic mass is 16.5. The average molecular weight is 251 g/mol. The van der Waals surface area contributed by atoms with Gasteiger partial charge in [0, 0.05) is 31.5 Å². The Morgan fingerprint density at radius 1 is 1.56 bits per heavy atom. The molecule has 2 rings (SSSR count). The van der Waals surface area contributed by atoms with Gasteiger partial charge in [0.1, 0.15) is 0 Å². The maximum atomic E-state index is 5.84. The summed E-state index contributed by atoms with van der Waals surface area (Å²) in [6.07, 6.45) is 7.85. The summed E-state index contributed by atoms with van der Waals surface area (Å²) in [4.78, 5) is 9.68. The van der Waals surface area contributed by atoms with Crippen LogP contribution < -0.4 is 0 Å². The van der Waals surface area contributed by atoms with Crippen LogP contribution >= 0.6 is 0 Å². The van der Waals surface area contributed by atoms with Gasteiger partial charge in [-0.15, -0.1) is 0 Å². The van der Waals surface area contributed by atoms with Gasteiger partial charge < -0.3 is 9.72 Å². The molecular weight excluding hydrogens is 226 g/mol. The lowest BCUT2D eigenvalue weighted by atomic mass is 10.0. The Kier molecular flexibility index (Phi) is 5.20. The van der Waals surface area contributed by atoms with Crippen LogP contribution in [0.25, 0.3) is 0 Å². The Morgan fingerprint density at radius 2 is 2.44 bits per heavy atom. The van der Waals surface area contributed by atoms with Crippen molar-refractivity contribution in [2.24, 2.45) is 5.92 Å². The summed E-state index contributed by atoms with van der Waals surface area (Å²) in [5.41, 5.74) is 1.19. The molecule has 1 fully saturated rings. The predicted octanol–water partition coefficient (Wildman–Crippen LogP) is 2.44. The van der Waals surface area contributed by atoms with Crippen LogP contribution in [-0.4, -0.2) is 40.7 Å². The normalized spacial score (nSPS) is 21.6. The molecule has 102 valence electrons. The zero-order valence-corrected chi connectivity index (χ0v) is 11.6. The molecule has 1 aromatic rings. The molecule has 0 bridgehead atoms. The number of hydrogen-bond donors (Lipinski definition) is 1. The summed E-state index contributed by atoms with van der Waals surface area (Å²) >= 11 is 0. The summed E-state index contributed by atoms with van der Waals surface area (Å²) in [5, 5.41) is 0. The molecule has 0 spiro atoms. The van der Waals surface area contributed by atoms with Gasteiger partial charge in [-0.25, -0.2) is 4.98 Å². The first-order valence-corrected chi connectivity index (χ1v) is 7.05. The molecule has 18 heavy (non-hydrogen) atoms. The lowest BCUT2D eigenvalue weighted by Crippen LogP contribution is -2.41. The smallest absolute Gasteiger partial charge is 0.0922 e. The number of imidazole rings is 1. The van der Waals surface area contributed by atoms with Crippen LogP contribution in [-0.2, 0) is 11.3 Å². The zero-order valence-electron chi connectivity index (χ0n) is 11.6. The monoisotopic (exact) mass is 251 g/mol. The van der Waals surface area contributed by atoms with Crippen LogP contribution in [0, 0.1) is 5.92 Å². The zero-order chi connectivity index (χ0) is 12.8. The molecule has 1 atom stereocenters. The molecule has 0 radical (unpaired) electrons. The molecular formula is C14H25N3O. The van der Waals surface area contributed by atoms with Gasteiger partial charge in [-0.3, -0.25) is 4.90 Å². The number of hydrogen-bond acceptors (Lipinski definition) is 3. The molecule has 4 nitrogen and oxygen atoms in total. The van der Waals surface area contributed by atoms with Gasteiger partial charge in [0.05, 0.1) is 19.0 Å². The fourth-order valence-corrected chi connectivity index (χ4v) is 2.46. The molecule has 2 heterocycles. The summed E-state index contributed by atoms with van der Waals surface area (Å²) in [5.74, 6) is 0.801. The lowest BCUT2D eigenvalue weighted by Gasteiger charge is -2.32. The Hall–Kier alpha value is -0.870. The number of morpholine rings is 1. The van der Waals surface area contributed by atoms with E-state index in [0.29, 0.717) is 6.10 Å². The van der Waals surface area contributed by atoms with E-state index in [1.54, 1.807) is 6.33 Å². The summed E-state index contributed by atoms with van der Waals surface area (Å²) in [6.45, 7) is 8.47. The molecule has 1 aliphatic heterocycles. The maximum Gasteiger partial charge on any atom is 0.0922 e. The number of H-pyrrole nitrogens is 1. The second-order valence-electron chi connectivity index (χ2n) is 5.63. The van der Waals surface area contributed by atoms with Crippen molar-refractivity contribution in [2.75, 3.05) is 19.7 Å². The minimum Gasteiger partial charge on any atom is -0.376 e. The third kappa shape index (κ3) is 4.42. The van der Waals surface area contributed by atoms with Gasteiger partial charge >= 0.3 is 0 Å². The highest BCUT2D eigenvalue weighted by molar-refractivity contribution is 4.94. The van der Waals surface area contributed by atoms with Crippen molar-refractivity contribution in [3.8, 4) is 0 Å². The molecule has 0 saturated carbocycles. The van der Waals surface area contributed by atoms with Crippen molar-refractivity contribution in [1.29, 1.82) is 0 Å². The molecule has 4 heteroatoms. The highest BCUT2D eigenvalue weighted by Crippen LogP contribution is 2.15. The minimum atomic E-state index is 0.417. The van der Waals surface area contributed by atoms with E-state index >= 15 is 0 Å². The molecule has 1 saturated heterocycles. The average Bonchev–Trinajstić information content (AvgIpc) is 2.82. The van der Waals surface area contributed by atoms with Crippen molar-refractivity contribution in [3.63, 3.8) is 0 Å². The molecule has 0 amide bonds. The number of aromatic amines is 1. The molecule has 1 N–H and O–H groups in total. The van der Waals surface area contributed by atoms with E-state index in [1.165, 1.54) is 25.0 Å². The molecule has 0 aliphatic carbocycles. The van der Waals surface area contributed by atoms with Crippen molar-refractivity contribution in [2.45, 2.75) is 45.8 Å². The SMILES string of the molecule is CC(C)CCCC1CN(Cc2cnc[nH]2)CCO1. The Morgan fingerprint density at radius 3 is 3.17 bits per heavy atom. The van der Waals surface area contributed by atoms with Gasteiger partial charge in [0.25, 0.3) is 0 Å². The van der Waals surface area contributed by atoms with Gasteiger partial charge in [-0.2, -0.15) is 0 Å². The van der Waals surface area contributed by atoms with Crippen molar-refractivity contribution >= 4 is 0 Å². The number of aromatic nitrogens is 2. The fourth-order valence-electron chi connectivity index (χ4n) is 2.46. The summed E-state index contributed by atoms with van der Waals surface area (Å²) in [7, 11) is 0. The predicted molar refractivity (Wildman–Crippen MR) is 72.3 cm³/mol. The van der Waals surface area contributed by atoms with Gasteiger partial charge in [0.15, 0.2) is 0 Å². The first kappa shape index (κ1) is 13.6. The summed E-state index contributed by atoms with van der Waals surface area (Å²) in [6, 6.07) is 0. The molecule has 1 unspecified atom stereocenters. The Labute approximate surface area is 110 Å². The van der Waals surface area contributed by atoms with Crippen molar-refractivity contribution in [1.82, 2.24) is 14.9 Å². The van der Waals surface area contributed by atoms with E-state index in [2.05, 4.69) is 28.7 Å². The quantitative estimate of drug-likeness (QED) is 0.844. The van der Waals surface area contributed by atoms with E-state index in [-0.39, 0.29) is 0 Å². The third-order valence-corrected chi connectivity index (χ3v) is 3.48. The second kappa shape index (κ2) is 6.90. The van der Waals surface area contributed by atoms with Crippen LogP contribution in [0.3, 0.4) is 0 Å². The number of nitrogens with one attached hydrogen (secondary N) is 1. The van der Waals surface area contributed by atoms with Crippen LogP contribution in [0.1, 0.15) is 38.8 Å². The van der Waals surface area contributed by atoms with Crippen LogP contribution in [0.5, 0.6) is 0 Å². The summed E-state index contributed by atoms with van der Waals surface area (Å²) < 4.78 is 5.84. The van der Waals surface area contributed by atoms with Gasteiger partial charge in [-0.1, -0.05) is 26.7 Å². The van der Waals surface area contributed by atoms with Gasteiger partial charge in [-0.05, 0) is 12.3 Å². The van der Waals surface area contributed by atoms with Crippen molar-refractivity contribution in [3.05, 3.63) is 18.2 Å². The Balaban J connectivity index is 1.71. The molecule has 1 aromatic heterocycles. The number of nitrogens with zero attached hydrogens (tertiary/aromatic N) is 2. The first-order chi connectivity index (χ1) is 8.74. The van der Waals surface area contributed by atoms with Crippen molar-refractivity contribution < 1.29 is 4.74 Å². The van der Waals surface area contributed by atoms with Crippen LogP contribution in [0.15, 0.2) is 12.5 Å². The standard InChI is InChI=1S/C14H25N3O/c1-12(2)4-3-5-14-10-17(6-7-18-14)9-13-8-15-11-16-13/h8,11-12,14H,3-7,9-10H2,1-2H3,(H,15,16). The molecule has 1 aliphatic rings.